The van der Waals surface area contributed by atoms with Crippen molar-refractivity contribution in [2.24, 2.45) is 0 Å². The molecule has 1 aliphatic heterocycles. The summed E-state index contributed by atoms with van der Waals surface area (Å²) < 4.78 is 18.9. The molecular weight excluding hydrogens is 341 g/mol. The molecule has 0 aromatic heterocycles. The zero-order chi connectivity index (χ0) is 17.4. The largest absolute Gasteiger partial charge is 0.497 e. The van der Waals surface area contributed by atoms with Gasteiger partial charge in [0.1, 0.15) is 11.3 Å². The van der Waals surface area contributed by atoms with Gasteiger partial charge in [-0.25, -0.2) is 9.18 Å². The number of carbonyl (C=O) groups excluding carboxylic acids is 3. The van der Waals surface area contributed by atoms with E-state index in [4.69, 9.17) is 21.2 Å². The van der Waals surface area contributed by atoms with Crippen LogP contribution in [-0.4, -0.2) is 30.0 Å². The van der Waals surface area contributed by atoms with E-state index < -0.39 is 29.2 Å². The van der Waals surface area contributed by atoms with Crippen LogP contribution < -0.4 is 4.74 Å². The van der Waals surface area contributed by atoms with Gasteiger partial charge < -0.3 is 9.57 Å². The van der Waals surface area contributed by atoms with Crippen molar-refractivity contribution in [2.45, 2.75) is 0 Å². The van der Waals surface area contributed by atoms with Crippen molar-refractivity contribution in [3.05, 3.63) is 63.9 Å². The molecule has 2 amide bonds. The predicted molar refractivity (Wildman–Crippen MR) is 80.3 cm³/mol. The molecule has 0 saturated carbocycles. The fraction of sp³-hybridized carbons (Fsp3) is 0.0625. The van der Waals surface area contributed by atoms with E-state index in [9.17, 15) is 18.8 Å². The highest BCUT2D eigenvalue weighted by molar-refractivity contribution is 6.31. The zero-order valence-electron chi connectivity index (χ0n) is 12.2. The molecule has 0 N–H and O–H groups in total. The van der Waals surface area contributed by atoms with Crippen molar-refractivity contribution in [2.75, 3.05) is 7.11 Å². The number of nitrogens with zero attached hydrogens (tertiary/aromatic N) is 1. The maximum atomic E-state index is 14.0. The van der Waals surface area contributed by atoms with Crippen molar-refractivity contribution >= 4 is 29.4 Å². The summed E-state index contributed by atoms with van der Waals surface area (Å²) in [7, 11) is 1.31. The maximum Gasteiger partial charge on any atom is 0.367 e. The number of fused-ring (bicyclic) bond motifs is 1. The highest BCUT2D eigenvalue weighted by Crippen LogP contribution is 2.28. The standard InChI is InChI=1S/C16H9ClFNO5/c1-23-8-6-11(13(18)12(17)7-8)16(22)24-19-14(20)9-4-2-3-5-10(9)15(19)21/h2-7H,1H3. The Morgan fingerprint density at radius 3 is 2.25 bits per heavy atom. The van der Waals surface area contributed by atoms with Crippen LogP contribution in [-0.2, 0) is 4.84 Å². The highest BCUT2D eigenvalue weighted by atomic mass is 35.5. The second-order valence-electron chi connectivity index (χ2n) is 4.80. The van der Waals surface area contributed by atoms with Gasteiger partial charge in [0, 0.05) is 6.07 Å². The van der Waals surface area contributed by atoms with Crippen molar-refractivity contribution < 1.29 is 28.3 Å². The molecule has 3 rings (SSSR count). The molecule has 0 bridgehead atoms. The number of hydrogen-bond acceptors (Lipinski definition) is 5. The number of halogens is 2. The number of rotatable bonds is 3. The SMILES string of the molecule is COc1cc(Cl)c(F)c(C(=O)ON2C(=O)c3ccccc3C2=O)c1. The van der Waals surface area contributed by atoms with Gasteiger partial charge in [0.05, 0.1) is 23.3 Å². The topological polar surface area (TPSA) is 72.9 Å². The highest BCUT2D eigenvalue weighted by Gasteiger charge is 2.39. The second kappa shape index (κ2) is 5.93. The summed E-state index contributed by atoms with van der Waals surface area (Å²) in [6, 6.07) is 8.21. The lowest BCUT2D eigenvalue weighted by Crippen LogP contribution is -2.33. The third-order valence-electron chi connectivity index (χ3n) is 3.39. The molecule has 6 nitrogen and oxygen atoms in total. The maximum absolute atomic E-state index is 14.0. The third-order valence-corrected chi connectivity index (χ3v) is 3.66. The molecule has 2 aromatic rings. The van der Waals surface area contributed by atoms with Gasteiger partial charge in [-0.3, -0.25) is 9.59 Å². The van der Waals surface area contributed by atoms with Crippen LogP contribution in [0.3, 0.4) is 0 Å². The van der Waals surface area contributed by atoms with E-state index in [2.05, 4.69) is 0 Å². The summed E-state index contributed by atoms with van der Waals surface area (Å²) in [6.07, 6.45) is 0. The number of benzene rings is 2. The van der Waals surface area contributed by atoms with Gasteiger partial charge in [0.25, 0.3) is 11.8 Å². The molecule has 1 heterocycles. The minimum absolute atomic E-state index is 0.0967. The molecule has 0 saturated heterocycles. The van der Waals surface area contributed by atoms with Gasteiger partial charge >= 0.3 is 5.97 Å². The number of imide groups is 1. The number of ether oxygens (including phenoxy) is 1. The van der Waals surface area contributed by atoms with E-state index in [1.807, 2.05) is 0 Å². The Balaban J connectivity index is 1.91. The van der Waals surface area contributed by atoms with Crippen molar-refractivity contribution in [1.82, 2.24) is 5.06 Å². The van der Waals surface area contributed by atoms with Crippen LogP contribution in [0.5, 0.6) is 5.75 Å². The average Bonchev–Trinajstić information content (AvgIpc) is 2.82. The Bertz CT molecular complexity index is 848. The molecule has 0 fully saturated rings. The molecular formula is C16H9ClFNO5. The van der Waals surface area contributed by atoms with E-state index in [1.165, 1.54) is 25.3 Å². The fourth-order valence-electron chi connectivity index (χ4n) is 2.21. The van der Waals surface area contributed by atoms with Crippen LogP contribution in [0.15, 0.2) is 36.4 Å². The third kappa shape index (κ3) is 2.48. The summed E-state index contributed by atoms with van der Waals surface area (Å²) in [6.45, 7) is 0. The first-order valence-electron chi connectivity index (χ1n) is 6.67. The summed E-state index contributed by atoms with van der Waals surface area (Å²) in [5.41, 5.74) is -0.366. The van der Waals surface area contributed by atoms with Crippen molar-refractivity contribution in [3.8, 4) is 5.75 Å². The van der Waals surface area contributed by atoms with Crippen LogP contribution in [0.2, 0.25) is 5.02 Å². The Morgan fingerprint density at radius 2 is 1.71 bits per heavy atom. The smallest absolute Gasteiger partial charge is 0.367 e. The van der Waals surface area contributed by atoms with Crippen molar-refractivity contribution in [1.29, 1.82) is 0 Å². The van der Waals surface area contributed by atoms with Crippen LogP contribution >= 0.6 is 11.6 Å². The second-order valence-corrected chi connectivity index (χ2v) is 5.21. The van der Waals surface area contributed by atoms with E-state index in [0.717, 1.165) is 6.07 Å². The molecule has 2 aromatic carbocycles. The van der Waals surface area contributed by atoms with Gasteiger partial charge in [0.15, 0.2) is 5.82 Å². The molecule has 8 heteroatoms. The lowest BCUT2D eigenvalue weighted by atomic mass is 10.1. The van der Waals surface area contributed by atoms with Gasteiger partial charge in [0.2, 0.25) is 0 Å². The summed E-state index contributed by atoms with van der Waals surface area (Å²) >= 11 is 5.68. The van der Waals surface area contributed by atoms with E-state index in [-0.39, 0.29) is 21.9 Å². The number of hydroxylamine groups is 2. The van der Waals surface area contributed by atoms with Crippen LogP contribution in [0.25, 0.3) is 0 Å². The lowest BCUT2D eigenvalue weighted by Gasteiger charge is -2.13. The first-order chi connectivity index (χ1) is 11.4. The van der Waals surface area contributed by atoms with Crippen LogP contribution in [0.1, 0.15) is 31.1 Å². The number of amides is 2. The Kier molecular flexibility index (Phi) is 3.94. The van der Waals surface area contributed by atoms with Gasteiger partial charge in [-0.05, 0) is 18.2 Å². The number of methoxy groups -OCH3 is 1. The quantitative estimate of drug-likeness (QED) is 0.797. The Morgan fingerprint density at radius 1 is 1.12 bits per heavy atom. The molecule has 24 heavy (non-hydrogen) atoms. The van der Waals surface area contributed by atoms with Crippen molar-refractivity contribution in [3.63, 3.8) is 0 Å². The van der Waals surface area contributed by atoms with Gasteiger partial charge in [-0.15, -0.1) is 0 Å². The fourth-order valence-corrected chi connectivity index (χ4v) is 2.42. The molecule has 122 valence electrons. The molecule has 0 unspecified atom stereocenters. The van der Waals surface area contributed by atoms with E-state index >= 15 is 0 Å². The van der Waals surface area contributed by atoms with Crippen LogP contribution in [0, 0.1) is 5.82 Å². The summed E-state index contributed by atoms with van der Waals surface area (Å²) in [5, 5.41) is -0.0662. The van der Waals surface area contributed by atoms with E-state index in [1.54, 1.807) is 12.1 Å². The molecule has 0 spiro atoms. The zero-order valence-corrected chi connectivity index (χ0v) is 13.0. The summed E-state index contributed by atoms with van der Waals surface area (Å²) in [5.74, 6) is -3.78. The molecule has 1 aliphatic rings. The van der Waals surface area contributed by atoms with Gasteiger partial charge in [-0.1, -0.05) is 28.8 Å². The van der Waals surface area contributed by atoms with Gasteiger partial charge in [-0.2, -0.15) is 0 Å². The van der Waals surface area contributed by atoms with E-state index in [0.29, 0.717) is 5.06 Å². The normalized spacial score (nSPS) is 13.0. The molecule has 0 aliphatic carbocycles. The monoisotopic (exact) mass is 349 g/mol. The lowest BCUT2D eigenvalue weighted by molar-refractivity contribution is -0.0587. The Hall–Kier alpha value is -2.93. The predicted octanol–water partition coefficient (Wildman–Crippen LogP) is 2.86. The van der Waals surface area contributed by atoms with Crippen LogP contribution in [0.4, 0.5) is 4.39 Å². The first kappa shape index (κ1) is 15.9. The summed E-state index contributed by atoms with van der Waals surface area (Å²) in [4.78, 5) is 41.2. The molecule has 0 radical (unpaired) electrons. The Labute approximate surface area is 140 Å². The molecule has 0 atom stereocenters. The number of hydrogen-bond donors (Lipinski definition) is 0. The average molecular weight is 350 g/mol. The number of carbonyl (C=O) groups is 3. The minimum Gasteiger partial charge on any atom is -0.497 e. The minimum atomic E-state index is -1.25. The first-order valence-corrected chi connectivity index (χ1v) is 7.05.